The summed E-state index contributed by atoms with van der Waals surface area (Å²) in [7, 11) is 0. The lowest BCUT2D eigenvalue weighted by Crippen LogP contribution is -2.49. The Bertz CT molecular complexity index is 573. The minimum Gasteiger partial charge on any atom is -0.348 e. The molecule has 0 aliphatic heterocycles. The highest BCUT2D eigenvalue weighted by atomic mass is 35.5. The van der Waals surface area contributed by atoms with Crippen molar-refractivity contribution in [3.8, 4) is 0 Å². The Hall–Kier alpha value is -1.15. The predicted molar refractivity (Wildman–Crippen MR) is 87.6 cm³/mol. The SMILES string of the molecule is CC(NC(=O)c1cccc(Cl)c1Cl)C(=O)NCC(F)(F)CN.Cl. The Morgan fingerprint density at radius 3 is 2.52 bits per heavy atom. The normalized spacial score (nSPS) is 12.1. The smallest absolute Gasteiger partial charge is 0.277 e. The van der Waals surface area contributed by atoms with Crippen LogP contribution in [0.4, 0.5) is 8.78 Å². The number of hydrogen-bond acceptors (Lipinski definition) is 3. The summed E-state index contributed by atoms with van der Waals surface area (Å²) in [6, 6.07) is 3.43. The second-order valence-electron chi connectivity index (χ2n) is 4.57. The number of alkyl halides is 2. The first-order valence-electron chi connectivity index (χ1n) is 6.28. The molecule has 5 nitrogen and oxygen atoms in total. The van der Waals surface area contributed by atoms with E-state index >= 15 is 0 Å². The van der Waals surface area contributed by atoms with Gasteiger partial charge in [-0.3, -0.25) is 9.59 Å². The molecule has 0 spiro atoms. The first kappa shape index (κ1) is 21.9. The molecule has 23 heavy (non-hydrogen) atoms. The Morgan fingerprint density at radius 2 is 1.96 bits per heavy atom. The fraction of sp³-hybridized carbons (Fsp3) is 0.385. The lowest BCUT2D eigenvalue weighted by molar-refractivity contribution is -0.124. The van der Waals surface area contributed by atoms with Crippen LogP contribution in [0.25, 0.3) is 0 Å². The van der Waals surface area contributed by atoms with Crippen LogP contribution >= 0.6 is 35.6 Å². The summed E-state index contributed by atoms with van der Waals surface area (Å²) in [5.74, 6) is -4.60. The van der Waals surface area contributed by atoms with E-state index in [0.717, 1.165) is 0 Å². The zero-order valence-corrected chi connectivity index (χ0v) is 14.4. The van der Waals surface area contributed by atoms with E-state index in [9.17, 15) is 18.4 Å². The number of halogens is 5. The first-order chi connectivity index (χ1) is 10.2. The Labute approximate surface area is 148 Å². The number of carbonyl (C=O) groups excluding carboxylic acids is 2. The number of carbonyl (C=O) groups is 2. The highest BCUT2D eigenvalue weighted by molar-refractivity contribution is 6.43. The van der Waals surface area contributed by atoms with Gasteiger partial charge in [0.2, 0.25) is 5.91 Å². The molecule has 0 fully saturated rings. The molecule has 0 radical (unpaired) electrons. The number of benzene rings is 1. The molecule has 0 saturated heterocycles. The van der Waals surface area contributed by atoms with Crippen LogP contribution in [0.2, 0.25) is 10.0 Å². The van der Waals surface area contributed by atoms with Crippen LogP contribution in [0, 0.1) is 0 Å². The lowest BCUT2D eigenvalue weighted by atomic mass is 10.2. The summed E-state index contributed by atoms with van der Waals surface area (Å²) in [4.78, 5) is 23.7. The number of hydrogen-bond donors (Lipinski definition) is 3. The Balaban J connectivity index is 0.00000484. The average molecular weight is 391 g/mol. The van der Waals surface area contributed by atoms with Gasteiger partial charge in [0.1, 0.15) is 6.04 Å². The van der Waals surface area contributed by atoms with Gasteiger partial charge >= 0.3 is 0 Å². The molecule has 130 valence electrons. The number of nitrogens with one attached hydrogen (secondary N) is 2. The van der Waals surface area contributed by atoms with Gasteiger partial charge in [0, 0.05) is 0 Å². The summed E-state index contributed by atoms with van der Waals surface area (Å²) in [6.45, 7) is -0.432. The third-order valence-corrected chi connectivity index (χ3v) is 3.58. The maximum Gasteiger partial charge on any atom is 0.277 e. The summed E-state index contributed by atoms with van der Waals surface area (Å²) in [5, 5.41) is 4.60. The lowest BCUT2D eigenvalue weighted by Gasteiger charge is -2.18. The Morgan fingerprint density at radius 1 is 1.35 bits per heavy atom. The molecule has 0 aromatic heterocycles. The molecule has 0 heterocycles. The molecule has 4 N–H and O–H groups in total. The first-order valence-corrected chi connectivity index (χ1v) is 7.04. The molecule has 0 bridgehead atoms. The van der Waals surface area contributed by atoms with Gasteiger partial charge < -0.3 is 16.4 Å². The van der Waals surface area contributed by atoms with Gasteiger partial charge in [-0.25, -0.2) is 8.78 Å². The maximum atomic E-state index is 12.9. The molecular formula is C13H16Cl3F2N3O2. The minimum absolute atomic E-state index is 0. The van der Waals surface area contributed by atoms with Crippen LogP contribution in [0.1, 0.15) is 17.3 Å². The second kappa shape index (κ2) is 9.22. The number of nitrogens with two attached hydrogens (primary N) is 1. The predicted octanol–water partition coefficient (Wildman–Crippen LogP) is 2.24. The van der Waals surface area contributed by atoms with Gasteiger partial charge in [0.05, 0.1) is 28.7 Å². The molecule has 10 heteroatoms. The van der Waals surface area contributed by atoms with Crippen LogP contribution in [-0.2, 0) is 4.79 Å². The maximum absolute atomic E-state index is 12.9. The van der Waals surface area contributed by atoms with Crippen LogP contribution in [-0.4, -0.2) is 36.9 Å². The molecular weight excluding hydrogens is 375 g/mol. The van der Waals surface area contributed by atoms with E-state index in [-0.39, 0.29) is 28.0 Å². The van der Waals surface area contributed by atoms with Crippen LogP contribution in [0.15, 0.2) is 18.2 Å². The van der Waals surface area contributed by atoms with E-state index in [1.165, 1.54) is 25.1 Å². The zero-order valence-electron chi connectivity index (χ0n) is 12.0. The van der Waals surface area contributed by atoms with Crippen molar-refractivity contribution in [2.24, 2.45) is 5.73 Å². The van der Waals surface area contributed by atoms with Crippen molar-refractivity contribution in [3.05, 3.63) is 33.8 Å². The summed E-state index contributed by atoms with van der Waals surface area (Å²) >= 11 is 11.7. The molecule has 0 saturated carbocycles. The molecule has 1 atom stereocenters. The van der Waals surface area contributed by atoms with E-state index in [0.29, 0.717) is 0 Å². The van der Waals surface area contributed by atoms with Crippen LogP contribution in [0.5, 0.6) is 0 Å². The van der Waals surface area contributed by atoms with E-state index in [1.807, 2.05) is 5.32 Å². The highest BCUT2D eigenvalue weighted by Crippen LogP contribution is 2.25. The average Bonchev–Trinajstić information content (AvgIpc) is 2.47. The topological polar surface area (TPSA) is 84.2 Å². The van der Waals surface area contributed by atoms with Crippen molar-refractivity contribution < 1.29 is 18.4 Å². The molecule has 1 unspecified atom stereocenters. The van der Waals surface area contributed by atoms with Gasteiger partial charge in [0.25, 0.3) is 11.8 Å². The molecule has 0 aliphatic carbocycles. The van der Waals surface area contributed by atoms with Crippen molar-refractivity contribution in [1.29, 1.82) is 0 Å². The molecule has 1 aromatic rings. The van der Waals surface area contributed by atoms with Gasteiger partial charge in [-0.05, 0) is 19.1 Å². The Kier molecular flexibility index (Phi) is 8.76. The van der Waals surface area contributed by atoms with Gasteiger partial charge in [-0.1, -0.05) is 29.3 Å². The highest BCUT2D eigenvalue weighted by Gasteiger charge is 2.28. The van der Waals surface area contributed by atoms with Crippen molar-refractivity contribution in [3.63, 3.8) is 0 Å². The monoisotopic (exact) mass is 389 g/mol. The zero-order chi connectivity index (χ0) is 16.9. The van der Waals surface area contributed by atoms with E-state index in [1.54, 1.807) is 0 Å². The van der Waals surface area contributed by atoms with Crippen LogP contribution < -0.4 is 16.4 Å². The van der Waals surface area contributed by atoms with E-state index in [4.69, 9.17) is 28.9 Å². The molecule has 1 rings (SSSR count). The van der Waals surface area contributed by atoms with Gasteiger partial charge in [-0.15, -0.1) is 12.4 Å². The number of amides is 2. The van der Waals surface area contributed by atoms with E-state index in [2.05, 4.69) is 5.32 Å². The fourth-order valence-corrected chi connectivity index (χ4v) is 1.85. The van der Waals surface area contributed by atoms with Gasteiger partial charge in [-0.2, -0.15) is 0 Å². The summed E-state index contributed by atoms with van der Waals surface area (Å²) in [5.41, 5.74) is 4.94. The second-order valence-corrected chi connectivity index (χ2v) is 5.36. The third kappa shape index (κ3) is 6.47. The van der Waals surface area contributed by atoms with E-state index < -0.39 is 36.9 Å². The standard InChI is InChI=1S/C13H15Cl2F2N3O2.ClH/c1-7(11(21)19-6-13(16,17)5-18)20-12(22)8-3-2-4-9(14)10(8)15;/h2-4,7H,5-6,18H2,1H3,(H,19,21)(H,20,22);1H. The van der Waals surface area contributed by atoms with Crippen molar-refractivity contribution in [2.75, 3.05) is 13.1 Å². The molecule has 0 aliphatic rings. The van der Waals surface area contributed by atoms with Crippen molar-refractivity contribution >= 4 is 47.4 Å². The molecule has 2 amide bonds. The quantitative estimate of drug-likeness (QED) is 0.696. The number of rotatable bonds is 6. The largest absolute Gasteiger partial charge is 0.348 e. The molecule has 1 aromatic carbocycles. The fourth-order valence-electron chi connectivity index (χ4n) is 1.46. The summed E-state index contributed by atoms with van der Waals surface area (Å²) < 4.78 is 25.9. The van der Waals surface area contributed by atoms with Crippen molar-refractivity contribution in [2.45, 2.75) is 18.9 Å². The van der Waals surface area contributed by atoms with Crippen LogP contribution in [0.3, 0.4) is 0 Å². The summed E-state index contributed by atoms with van der Waals surface area (Å²) in [6.07, 6.45) is 0. The third-order valence-electron chi connectivity index (χ3n) is 2.76. The minimum atomic E-state index is -3.20. The van der Waals surface area contributed by atoms with Crippen molar-refractivity contribution in [1.82, 2.24) is 10.6 Å². The van der Waals surface area contributed by atoms with Gasteiger partial charge in [0.15, 0.2) is 0 Å².